The van der Waals surface area contributed by atoms with Crippen molar-refractivity contribution < 1.29 is 9.90 Å². The first-order valence-electron chi connectivity index (χ1n) is 7.09. The van der Waals surface area contributed by atoms with Gasteiger partial charge in [0.2, 0.25) is 0 Å². The first kappa shape index (κ1) is 16.9. The minimum atomic E-state index is -1.07. The van der Waals surface area contributed by atoms with Crippen LogP contribution in [0.3, 0.4) is 0 Å². The molecule has 0 fully saturated rings. The zero-order chi connectivity index (χ0) is 16.2. The molecule has 3 N–H and O–H groups in total. The molecule has 7 heteroatoms. The van der Waals surface area contributed by atoms with Gasteiger partial charge < -0.3 is 15.7 Å². The molecule has 2 heterocycles. The Hall–Kier alpha value is -1.44. The zero-order valence-electron chi connectivity index (χ0n) is 12.9. The maximum atomic E-state index is 11.8. The number of carbonyl (C=O) groups is 1. The summed E-state index contributed by atoms with van der Waals surface area (Å²) >= 11 is 3.12. The molecule has 1 atom stereocenters. The molecule has 2 amide bonds. The van der Waals surface area contributed by atoms with E-state index in [0.717, 1.165) is 16.3 Å². The molecule has 0 saturated carbocycles. The number of amides is 2. The number of urea groups is 1. The maximum absolute atomic E-state index is 11.8. The maximum Gasteiger partial charge on any atom is 0.315 e. The fourth-order valence-electron chi connectivity index (χ4n) is 1.83. The molecule has 0 radical (unpaired) electrons. The summed E-state index contributed by atoms with van der Waals surface area (Å²) in [6, 6.07) is 1.54. The number of thiophene rings is 1. The van der Waals surface area contributed by atoms with Gasteiger partial charge in [0.15, 0.2) is 0 Å². The Morgan fingerprint density at radius 3 is 2.77 bits per heavy atom. The quantitative estimate of drug-likeness (QED) is 0.757. The fraction of sp³-hybridized carbons (Fsp3) is 0.467. The predicted molar refractivity (Wildman–Crippen MR) is 90.3 cm³/mol. The van der Waals surface area contributed by atoms with Gasteiger partial charge in [-0.05, 0) is 29.3 Å². The largest absolute Gasteiger partial charge is 0.384 e. The van der Waals surface area contributed by atoms with Crippen LogP contribution in [0.1, 0.15) is 43.0 Å². The van der Waals surface area contributed by atoms with E-state index in [2.05, 4.69) is 29.5 Å². The van der Waals surface area contributed by atoms with Crippen LogP contribution in [0.2, 0.25) is 0 Å². The van der Waals surface area contributed by atoms with E-state index in [0.29, 0.717) is 12.5 Å². The minimum absolute atomic E-state index is 0.157. The number of hydrogen-bond acceptors (Lipinski definition) is 5. The first-order valence-corrected chi connectivity index (χ1v) is 8.92. The number of nitrogens with zero attached hydrogens (tertiary/aromatic N) is 1. The van der Waals surface area contributed by atoms with Crippen molar-refractivity contribution in [1.29, 1.82) is 0 Å². The SMILES string of the molecule is CC(C)c1nc(CNC(=O)NC[C@](C)(O)c2ccsc2)cs1. The smallest absolute Gasteiger partial charge is 0.315 e. The lowest BCUT2D eigenvalue weighted by atomic mass is 9.99. The molecule has 5 nitrogen and oxygen atoms in total. The first-order chi connectivity index (χ1) is 10.4. The van der Waals surface area contributed by atoms with Crippen molar-refractivity contribution in [2.75, 3.05) is 6.54 Å². The van der Waals surface area contributed by atoms with Crippen LogP contribution in [0, 0.1) is 0 Å². The molecular weight excluding hydrogens is 318 g/mol. The van der Waals surface area contributed by atoms with Gasteiger partial charge in [0.25, 0.3) is 0 Å². The van der Waals surface area contributed by atoms with Crippen LogP contribution in [0.25, 0.3) is 0 Å². The van der Waals surface area contributed by atoms with Crippen molar-refractivity contribution >= 4 is 28.7 Å². The molecule has 22 heavy (non-hydrogen) atoms. The lowest BCUT2D eigenvalue weighted by Gasteiger charge is -2.22. The van der Waals surface area contributed by atoms with E-state index in [9.17, 15) is 9.90 Å². The topological polar surface area (TPSA) is 74.2 Å². The fourth-order valence-corrected chi connectivity index (χ4v) is 3.45. The average Bonchev–Trinajstić information content (AvgIpc) is 3.13. The van der Waals surface area contributed by atoms with E-state index in [-0.39, 0.29) is 12.6 Å². The van der Waals surface area contributed by atoms with E-state index in [1.165, 1.54) is 11.3 Å². The van der Waals surface area contributed by atoms with Gasteiger partial charge in [-0.1, -0.05) is 13.8 Å². The van der Waals surface area contributed by atoms with Crippen molar-refractivity contribution in [3.05, 3.63) is 38.5 Å². The summed E-state index contributed by atoms with van der Waals surface area (Å²) in [4.78, 5) is 16.3. The van der Waals surface area contributed by atoms with Crippen LogP contribution in [0.4, 0.5) is 4.79 Å². The molecule has 0 bridgehead atoms. The Bertz CT molecular complexity index is 606. The van der Waals surface area contributed by atoms with Gasteiger partial charge in [0, 0.05) is 11.3 Å². The van der Waals surface area contributed by atoms with Gasteiger partial charge in [0.05, 0.1) is 23.8 Å². The Balaban J connectivity index is 1.78. The van der Waals surface area contributed by atoms with Gasteiger partial charge in [-0.25, -0.2) is 9.78 Å². The summed E-state index contributed by atoms with van der Waals surface area (Å²) < 4.78 is 0. The number of aromatic nitrogens is 1. The summed E-state index contributed by atoms with van der Waals surface area (Å²) in [5.41, 5.74) is 0.593. The molecule has 0 spiro atoms. The van der Waals surface area contributed by atoms with Crippen LogP contribution in [0.5, 0.6) is 0 Å². The number of aliphatic hydroxyl groups is 1. The predicted octanol–water partition coefficient (Wildman–Crippen LogP) is 3.03. The van der Waals surface area contributed by atoms with Gasteiger partial charge in [-0.2, -0.15) is 11.3 Å². The molecule has 0 aliphatic rings. The van der Waals surface area contributed by atoms with Crippen molar-refractivity contribution in [2.24, 2.45) is 0 Å². The van der Waals surface area contributed by atoms with Gasteiger partial charge >= 0.3 is 6.03 Å². The van der Waals surface area contributed by atoms with Crippen LogP contribution in [-0.4, -0.2) is 22.7 Å². The van der Waals surface area contributed by atoms with E-state index < -0.39 is 5.60 Å². The molecule has 0 saturated heterocycles. The van der Waals surface area contributed by atoms with E-state index in [1.807, 2.05) is 22.2 Å². The highest BCUT2D eigenvalue weighted by Crippen LogP contribution is 2.22. The molecule has 0 unspecified atom stereocenters. The number of carbonyl (C=O) groups excluding carboxylic acids is 1. The summed E-state index contributed by atoms with van der Waals surface area (Å²) in [6.07, 6.45) is 0. The summed E-state index contributed by atoms with van der Waals surface area (Å²) in [5, 5.41) is 22.6. The number of rotatable bonds is 6. The van der Waals surface area contributed by atoms with Crippen molar-refractivity contribution in [1.82, 2.24) is 15.6 Å². The van der Waals surface area contributed by atoms with Crippen molar-refractivity contribution in [2.45, 2.75) is 38.8 Å². The number of thiazole rings is 1. The molecule has 120 valence electrons. The summed E-state index contributed by atoms with van der Waals surface area (Å²) in [6.45, 7) is 6.41. The summed E-state index contributed by atoms with van der Waals surface area (Å²) in [7, 11) is 0. The highest BCUT2D eigenvalue weighted by molar-refractivity contribution is 7.09. The lowest BCUT2D eigenvalue weighted by Crippen LogP contribution is -2.43. The normalized spacial score (nSPS) is 13.9. The Morgan fingerprint density at radius 1 is 1.41 bits per heavy atom. The Kier molecular flexibility index (Phi) is 5.55. The monoisotopic (exact) mass is 339 g/mol. The molecule has 2 aromatic heterocycles. The van der Waals surface area contributed by atoms with Crippen molar-refractivity contribution in [3.8, 4) is 0 Å². The van der Waals surface area contributed by atoms with E-state index >= 15 is 0 Å². The highest BCUT2D eigenvalue weighted by Gasteiger charge is 2.24. The third kappa shape index (κ3) is 4.53. The Labute approximate surface area is 138 Å². The molecule has 0 aromatic carbocycles. The third-order valence-corrected chi connectivity index (χ3v) is 5.11. The molecular formula is C15H21N3O2S2. The average molecular weight is 339 g/mol. The van der Waals surface area contributed by atoms with Gasteiger partial charge in [0.1, 0.15) is 5.60 Å². The van der Waals surface area contributed by atoms with Crippen LogP contribution < -0.4 is 10.6 Å². The van der Waals surface area contributed by atoms with Crippen molar-refractivity contribution in [3.63, 3.8) is 0 Å². The second-order valence-electron chi connectivity index (χ2n) is 5.65. The standard InChI is InChI=1S/C15H21N3O2S2/c1-10(2)13-18-12(8-22-13)6-16-14(19)17-9-15(3,20)11-4-5-21-7-11/h4-5,7-8,10,20H,6,9H2,1-3H3,(H2,16,17,19)/t15-/m0/s1. The van der Waals surface area contributed by atoms with E-state index in [4.69, 9.17) is 0 Å². The highest BCUT2D eigenvalue weighted by atomic mass is 32.1. The van der Waals surface area contributed by atoms with Crippen LogP contribution in [0.15, 0.2) is 22.2 Å². The Morgan fingerprint density at radius 2 is 2.18 bits per heavy atom. The third-order valence-electron chi connectivity index (χ3n) is 3.23. The lowest BCUT2D eigenvalue weighted by molar-refractivity contribution is 0.0598. The van der Waals surface area contributed by atoms with Gasteiger partial charge in [-0.3, -0.25) is 0 Å². The minimum Gasteiger partial charge on any atom is -0.384 e. The van der Waals surface area contributed by atoms with Gasteiger partial charge in [-0.15, -0.1) is 11.3 Å². The molecule has 2 rings (SSSR count). The molecule has 0 aliphatic carbocycles. The van der Waals surface area contributed by atoms with Crippen LogP contribution >= 0.6 is 22.7 Å². The number of hydrogen-bond donors (Lipinski definition) is 3. The second kappa shape index (κ2) is 7.21. The molecule has 2 aromatic rings. The van der Waals surface area contributed by atoms with Crippen LogP contribution in [-0.2, 0) is 12.1 Å². The molecule has 0 aliphatic heterocycles. The summed E-state index contributed by atoms with van der Waals surface area (Å²) in [5.74, 6) is 0.397. The second-order valence-corrected chi connectivity index (χ2v) is 7.32. The zero-order valence-corrected chi connectivity index (χ0v) is 14.6. The van der Waals surface area contributed by atoms with E-state index in [1.54, 1.807) is 18.3 Å². The number of nitrogens with one attached hydrogen (secondary N) is 2.